The largest absolute Gasteiger partial charge is 0.482 e. The van der Waals surface area contributed by atoms with E-state index in [1.807, 2.05) is 0 Å². The normalized spacial score (nSPS) is 20.7. The predicted octanol–water partition coefficient (Wildman–Crippen LogP) is 2.01. The zero-order valence-electron chi connectivity index (χ0n) is 14.1. The van der Waals surface area contributed by atoms with Gasteiger partial charge in [-0.1, -0.05) is 6.42 Å². The maximum atomic E-state index is 12.2. The molecule has 2 N–H and O–H groups in total. The summed E-state index contributed by atoms with van der Waals surface area (Å²) in [5, 5.41) is 5.68. The Morgan fingerprint density at radius 3 is 3.12 bits per heavy atom. The molecule has 0 radical (unpaired) electrons. The Balaban J connectivity index is 1.46. The molecule has 2 amide bonds. The number of carbonyl (C=O) groups is 2. The molecule has 1 atom stereocenters. The fourth-order valence-electron chi connectivity index (χ4n) is 3.29. The van der Waals surface area contributed by atoms with Crippen LogP contribution < -0.4 is 15.4 Å². The van der Waals surface area contributed by atoms with Crippen molar-refractivity contribution in [3.63, 3.8) is 0 Å². The summed E-state index contributed by atoms with van der Waals surface area (Å²) < 4.78 is 5.34. The predicted molar refractivity (Wildman–Crippen MR) is 92.4 cm³/mol. The van der Waals surface area contributed by atoms with Crippen molar-refractivity contribution in [1.29, 1.82) is 0 Å². The molecule has 6 heteroatoms. The van der Waals surface area contributed by atoms with Gasteiger partial charge in [0, 0.05) is 24.7 Å². The van der Waals surface area contributed by atoms with Gasteiger partial charge in [0.2, 0.25) is 0 Å². The standard InChI is InChI=1S/C18H25N3O3/c1-13-5-2-3-9-21(13)10-4-8-19-18(23)14-6-7-15-16(11-14)24-12-17(22)20-15/h6-7,11,13H,2-5,8-10,12H2,1H3,(H,19,23)(H,20,22)/t13-/m0/s1. The Bertz CT molecular complexity index is 618. The molecular formula is C18H25N3O3. The molecule has 2 aliphatic heterocycles. The van der Waals surface area contributed by atoms with E-state index >= 15 is 0 Å². The van der Waals surface area contributed by atoms with E-state index in [1.54, 1.807) is 18.2 Å². The van der Waals surface area contributed by atoms with Gasteiger partial charge in [-0.2, -0.15) is 0 Å². The summed E-state index contributed by atoms with van der Waals surface area (Å²) in [6, 6.07) is 5.74. The Labute approximate surface area is 142 Å². The molecule has 130 valence electrons. The molecule has 0 bridgehead atoms. The number of carbonyl (C=O) groups excluding carboxylic acids is 2. The average molecular weight is 331 g/mol. The van der Waals surface area contributed by atoms with Crippen LogP contribution in [-0.4, -0.2) is 49.0 Å². The first kappa shape index (κ1) is 16.8. The molecule has 0 aromatic heterocycles. The molecule has 3 rings (SSSR count). The van der Waals surface area contributed by atoms with Gasteiger partial charge in [0.1, 0.15) is 5.75 Å². The first-order valence-corrected chi connectivity index (χ1v) is 8.72. The molecule has 2 heterocycles. The SMILES string of the molecule is C[C@H]1CCCCN1CCCNC(=O)c1ccc2c(c1)OCC(=O)N2. The van der Waals surface area contributed by atoms with E-state index in [0.29, 0.717) is 29.6 Å². The zero-order chi connectivity index (χ0) is 16.9. The third-order valence-electron chi connectivity index (χ3n) is 4.72. The minimum atomic E-state index is -0.174. The van der Waals surface area contributed by atoms with Crippen molar-refractivity contribution in [2.75, 3.05) is 31.6 Å². The number of rotatable bonds is 5. The first-order chi connectivity index (χ1) is 11.6. The van der Waals surface area contributed by atoms with Crippen LogP contribution in [-0.2, 0) is 4.79 Å². The van der Waals surface area contributed by atoms with Gasteiger partial charge in [0.25, 0.3) is 11.8 Å². The molecular weight excluding hydrogens is 306 g/mol. The summed E-state index contributed by atoms with van der Waals surface area (Å²) in [5.74, 6) is 0.265. The van der Waals surface area contributed by atoms with Crippen LogP contribution in [0, 0.1) is 0 Å². The topological polar surface area (TPSA) is 70.7 Å². The van der Waals surface area contributed by atoms with Crippen molar-refractivity contribution in [1.82, 2.24) is 10.2 Å². The molecule has 0 saturated carbocycles. The van der Waals surface area contributed by atoms with E-state index in [1.165, 1.54) is 25.8 Å². The fraction of sp³-hybridized carbons (Fsp3) is 0.556. The molecule has 2 aliphatic rings. The summed E-state index contributed by atoms with van der Waals surface area (Å²) in [7, 11) is 0. The number of anilines is 1. The summed E-state index contributed by atoms with van der Waals surface area (Å²) in [6.07, 6.45) is 4.84. The summed E-state index contributed by atoms with van der Waals surface area (Å²) in [6.45, 7) is 5.14. The number of benzene rings is 1. The minimum Gasteiger partial charge on any atom is -0.482 e. The second kappa shape index (κ2) is 7.66. The van der Waals surface area contributed by atoms with Crippen molar-refractivity contribution in [3.8, 4) is 5.75 Å². The lowest BCUT2D eigenvalue weighted by Crippen LogP contribution is -2.39. The van der Waals surface area contributed by atoms with Gasteiger partial charge in [0.15, 0.2) is 6.61 Å². The second-order valence-electron chi connectivity index (χ2n) is 6.54. The molecule has 1 aromatic carbocycles. The van der Waals surface area contributed by atoms with E-state index in [4.69, 9.17) is 4.74 Å². The van der Waals surface area contributed by atoms with Crippen LogP contribution in [0.25, 0.3) is 0 Å². The number of likely N-dealkylation sites (tertiary alicyclic amines) is 1. The number of nitrogens with zero attached hydrogens (tertiary/aromatic N) is 1. The fourth-order valence-corrected chi connectivity index (χ4v) is 3.29. The van der Waals surface area contributed by atoms with Crippen LogP contribution in [0.4, 0.5) is 5.69 Å². The van der Waals surface area contributed by atoms with Crippen LogP contribution in [0.3, 0.4) is 0 Å². The van der Waals surface area contributed by atoms with Gasteiger partial charge in [-0.05, 0) is 50.9 Å². The monoisotopic (exact) mass is 331 g/mol. The maximum Gasteiger partial charge on any atom is 0.262 e. The zero-order valence-corrected chi connectivity index (χ0v) is 14.1. The number of hydrogen-bond donors (Lipinski definition) is 2. The van der Waals surface area contributed by atoms with Crippen LogP contribution in [0.5, 0.6) is 5.75 Å². The molecule has 1 aromatic rings. The van der Waals surface area contributed by atoms with Crippen molar-refractivity contribution in [2.45, 2.75) is 38.6 Å². The third-order valence-corrected chi connectivity index (χ3v) is 4.72. The molecule has 1 fully saturated rings. The van der Waals surface area contributed by atoms with Crippen LogP contribution >= 0.6 is 0 Å². The number of amides is 2. The van der Waals surface area contributed by atoms with E-state index < -0.39 is 0 Å². The van der Waals surface area contributed by atoms with E-state index in [9.17, 15) is 9.59 Å². The Morgan fingerprint density at radius 1 is 1.42 bits per heavy atom. The average Bonchev–Trinajstić information content (AvgIpc) is 2.59. The maximum absolute atomic E-state index is 12.2. The molecule has 0 aliphatic carbocycles. The molecule has 24 heavy (non-hydrogen) atoms. The molecule has 0 spiro atoms. The Morgan fingerprint density at radius 2 is 2.29 bits per heavy atom. The molecule has 1 saturated heterocycles. The lowest BCUT2D eigenvalue weighted by atomic mass is 10.0. The summed E-state index contributed by atoms with van der Waals surface area (Å²) in [4.78, 5) is 26.0. The van der Waals surface area contributed by atoms with E-state index in [-0.39, 0.29) is 18.4 Å². The van der Waals surface area contributed by atoms with Gasteiger partial charge in [-0.3, -0.25) is 9.59 Å². The van der Waals surface area contributed by atoms with Crippen molar-refractivity contribution < 1.29 is 14.3 Å². The molecule has 6 nitrogen and oxygen atoms in total. The highest BCUT2D eigenvalue weighted by Crippen LogP contribution is 2.28. The highest BCUT2D eigenvalue weighted by atomic mass is 16.5. The van der Waals surface area contributed by atoms with Crippen molar-refractivity contribution >= 4 is 17.5 Å². The van der Waals surface area contributed by atoms with E-state index in [0.717, 1.165) is 13.0 Å². The lowest BCUT2D eigenvalue weighted by molar-refractivity contribution is -0.118. The minimum absolute atomic E-state index is 0.00785. The Kier molecular flexibility index (Phi) is 5.35. The second-order valence-corrected chi connectivity index (χ2v) is 6.54. The summed E-state index contributed by atoms with van der Waals surface area (Å²) >= 11 is 0. The number of ether oxygens (including phenoxy) is 1. The van der Waals surface area contributed by atoms with E-state index in [2.05, 4.69) is 22.5 Å². The van der Waals surface area contributed by atoms with Crippen molar-refractivity contribution in [2.24, 2.45) is 0 Å². The van der Waals surface area contributed by atoms with Gasteiger partial charge in [-0.15, -0.1) is 0 Å². The summed E-state index contributed by atoms with van der Waals surface area (Å²) in [5.41, 5.74) is 1.16. The lowest BCUT2D eigenvalue weighted by Gasteiger charge is -2.33. The smallest absolute Gasteiger partial charge is 0.262 e. The first-order valence-electron chi connectivity index (χ1n) is 8.72. The number of fused-ring (bicyclic) bond motifs is 1. The Hall–Kier alpha value is -2.08. The quantitative estimate of drug-likeness (QED) is 0.810. The number of hydrogen-bond acceptors (Lipinski definition) is 4. The number of piperidine rings is 1. The van der Waals surface area contributed by atoms with Gasteiger partial charge >= 0.3 is 0 Å². The highest BCUT2D eigenvalue weighted by Gasteiger charge is 2.19. The van der Waals surface area contributed by atoms with Crippen LogP contribution in [0.15, 0.2) is 18.2 Å². The van der Waals surface area contributed by atoms with Crippen molar-refractivity contribution in [3.05, 3.63) is 23.8 Å². The van der Waals surface area contributed by atoms with Gasteiger partial charge < -0.3 is 20.3 Å². The highest BCUT2D eigenvalue weighted by molar-refractivity contribution is 5.98. The molecule has 0 unspecified atom stereocenters. The van der Waals surface area contributed by atoms with Crippen LogP contribution in [0.2, 0.25) is 0 Å². The third kappa shape index (κ3) is 4.06. The van der Waals surface area contributed by atoms with Gasteiger partial charge in [0.05, 0.1) is 5.69 Å². The van der Waals surface area contributed by atoms with Gasteiger partial charge in [-0.25, -0.2) is 0 Å². The van der Waals surface area contributed by atoms with Crippen LogP contribution in [0.1, 0.15) is 43.0 Å². The number of nitrogens with one attached hydrogen (secondary N) is 2.